The molecular weight excluding hydrogens is 257 g/mol. The number of rotatable bonds is 3. The van der Waals surface area contributed by atoms with E-state index in [4.69, 9.17) is 0 Å². The summed E-state index contributed by atoms with van der Waals surface area (Å²) in [5.41, 5.74) is -0.0444. The predicted molar refractivity (Wildman–Crippen MR) is 63.3 cm³/mol. The molecule has 0 aromatic carbocycles. The van der Waals surface area contributed by atoms with Crippen LogP contribution in [0.1, 0.15) is 17.1 Å². The van der Waals surface area contributed by atoms with Crippen LogP contribution in [0.5, 0.6) is 0 Å². The highest BCUT2D eigenvalue weighted by atomic mass is 19.4. The van der Waals surface area contributed by atoms with E-state index < -0.39 is 11.9 Å². The molecule has 0 saturated heterocycles. The first kappa shape index (κ1) is 13.3. The Balaban J connectivity index is 2.15. The number of aromatic nitrogens is 3. The van der Waals surface area contributed by atoms with Crippen molar-refractivity contribution < 1.29 is 13.2 Å². The summed E-state index contributed by atoms with van der Waals surface area (Å²) in [6, 6.07) is 4.44. The Morgan fingerprint density at radius 2 is 1.84 bits per heavy atom. The molecule has 0 radical (unpaired) electrons. The smallest absolute Gasteiger partial charge is 0.366 e. The number of pyridine rings is 1. The Morgan fingerprint density at radius 1 is 1.16 bits per heavy atom. The van der Waals surface area contributed by atoms with Crippen LogP contribution in [0.4, 0.5) is 19.0 Å². The Morgan fingerprint density at radius 3 is 2.47 bits per heavy atom. The van der Waals surface area contributed by atoms with Crippen LogP contribution in [0.15, 0.2) is 30.6 Å². The monoisotopic (exact) mass is 268 g/mol. The largest absolute Gasteiger partial charge is 0.433 e. The second-order valence-electron chi connectivity index (χ2n) is 3.89. The lowest BCUT2D eigenvalue weighted by Crippen LogP contribution is -2.12. The fourth-order valence-electron chi connectivity index (χ4n) is 1.50. The third-order valence-corrected chi connectivity index (χ3v) is 2.35. The van der Waals surface area contributed by atoms with E-state index in [0.717, 1.165) is 11.6 Å². The predicted octanol–water partition coefficient (Wildman–Crippen LogP) is 2.81. The van der Waals surface area contributed by atoms with Gasteiger partial charge in [0.05, 0.1) is 0 Å². The number of anilines is 1. The third-order valence-electron chi connectivity index (χ3n) is 2.35. The fourth-order valence-corrected chi connectivity index (χ4v) is 1.50. The molecule has 4 nitrogen and oxygen atoms in total. The molecule has 0 bridgehead atoms. The van der Waals surface area contributed by atoms with Crippen LogP contribution in [0.3, 0.4) is 0 Å². The van der Waals surface area contributed by atoms with Crippen molar-refractivity contribution >= 4 is 5.82 Å². The van der Waals surface area contributed by atoms with E-state index in [-0.39, 0.29) is 11.6 Å². The van der Waals surface area contributed by atoms with Crippen molar-refractivity contribution in [2.45, 2.75) is 19.6 Å². The van der Waals surface area contributed by atoms with E-state index in [9.17, 15) is 13.2 Å². The van der Waals surface area contributed by atoms with Crippen LogP contribution >= 0.6 is 0 Å². The van der Waals surface area contributed by atoms with E-state index in [2.05, 4.69) is 20.3 Å². The van der Waals surface area contributed by atoms with Gasteiger partial charge in [0, 0.05) is 25.0 Å². The summed E-state index contributed by atoms with van der Waals surface area (Å²) in [5.74, 6) is 0.226. The number of aryl methyl sites for hydroxylation is 1. The molecule has 2 aromatic rings. The zero-order chi connectivity index (χ0) is 13.9. The molecule has 7 heteroatoms. The standard InChI is InChI=1S/C12H11F3N4/c1-8-18-10(12(13,14)15)6-11(19-8)17-7-9-2-4-16-5-3-9/h2-6H,7H2,1H3,(H,17,18,19). The minimum atomic E-state index is -4.47. The van der Waals surface area contributed by atoms with Gasteiger partial charge in [0.2, 0.25) is 0 Å². The summed E-state index contributed by atoms with van der Waals surface area (Å²) in [7, 11) is 0. The molecule has 19 heavy (non-hydrogen) atoms. The SMILES string of the molecule is Cc1nc(NCc2ccncc2)cc(C(F)(F)F)n1. The first-order valence-electron chi connectivity index (χ1n) is 5.51. The van der Waals surface area contributed by atoms with Crippen molar-refractivity contribution in [2.24, 2.45) is 0 Å². The molecule has 0 saturated carbocycles. The Bertz CT molecular complexity index is 555. The topological polar surface area (TPSA) is 50.7 Å². The molecule has 2 rings (SSSR count). The van der Waals surface area contributed by atoms with Crippen LogP contribution in [-0.2, 0) is 12.7 Å². The maximum absolute atomic E-state index is 12.6. The highest BCUT2D eigenvalue weighted by molar-refractivity contribution is 5.37. The van der Waals surface area contributed by atoms with Gasteiger partial charge in [-0.25, -0.2) is 9.97 Å². The van der Waals surface area contributed by atoms with E-state index in [1.807, 2.05) is 0 Å². The van der Waals surface area contributed by atoms with Crippen molar-refractivity contribution in [3.63, 3.8) is 0 Å². The molecule has 2 heterocycles. The van der Waals surface area contributed by atoms with E-state index in [0.29, 0.717) is 6.54 Å². The summed E-state index contributed by atoms with van der Waals surface area (Å²) in [4.78, 5) is 11.2. The number of alkyl halides is 3. The van der Waals surface area contributed by atoms with Crippen molar-refractivity contribution in [2.75, 3.05) is 5.32 Å². The molecule has 0 amide bonds. The van der Waals surface area contributed by atoms with Crippen LogP contribution < -0.4 is 5.32 Å². The van der Waals surface area contributed by atoms with Crippen molar-refractivity contribution in [3.05, 3.63) is 47.7 Å². The van der Waals surface area contributed by atoms with Gasteiger partial charge in [0.1, 0.15) is 17.3 Å². The summed E-state index contributed by atoms with van der Waals surface area (Å²) in [5, 5.41) is 2.84. The molecule has 0 unspecified atom stereocenters. The second-order valence-corrected chi connectivity index (χ2v) is 3.89. The van der Waals surface area contributed by atoms with Gasteiger partial charge in [-0.2, -0.15) is 13.2 Å². The van der Waals surface area contributed by atoms with Gasteiger partial charge in [-0.15, -0.1) is 0 Å². The molecular formula is C12H11F3N4. The van der Waals surface area contributed by atoms with Crippen molar-refractivity contribution in [1.82, 2.24) is 15.0 Å². The number of hydrogen-bond donors (Lipinski definition) is 1. The van der Waals surface area contributed by atoms with Gasteiger partial charge in [-0.1, -0.05) is 0 Å². The number of nitrogens with one attached hydrogen (secondary N) is 1. The zero-order valence-corrected chi connectivity index (χ0v) is 10.1. The van der Waals surface area contributed by atoms with Gasteiger partial charge >= 0.3 is 6.18 Å². The van der Waals surface area contributed by atoms with Crippen LogP contribution in [0.2, 0.25) is 0 Å². The first-order chi connectivity index (χ1) is 8.95. The average Bonchev–Trinajstić information content (AvgIpc) is 2.36. The molecule has 0 fully saturated rings. The van der Waals surface area contributed by atoms with E-state index in [1.165, 1.54) is 6.92 Å². The Kier molecular flexibility index (Phi) is 3.64. The normalized spacial score (nSPS) is 11.4. The second kappa shape index (κ2) is 5.21. The summed E-state index contributed by atoms with van der Waals surface area (Å²) in [6.07, 6.45) is -1.24. The van der Waals surface area contributed by atoms with Crippen LogP contribution in [0, 0.1) is 6.92 Å². The molecule has 0 aliphatic heterocycles. The lowest BCUT2D eigenvalue weighted by Gasteiger charge is -2.10. The molecule has 1 N–H and O–H groups in total. The highest BCUT2D eigenvalue weighted by Gasteiger charge is 2.33. The van der Waals surface area contributed by atoms with E-state index in [1.54, 1.807) is 24.5 Å². The zero-order valence-electron chi connectivity index (χ0n) is 10.1. The van der Waals surface area contributed by atoms with Crippen molar-refractivity contribution in [1.29, 1.82) is 0 Å². The highest BCUT2D eigenvalue weighted by Crippen LogP contribution is 2.28. The van der Waals surface area contributed by atoms with Gasteiger partial charge in [0.25, 0.3) is 0 Å². The molecule has 0 atom stereocenters. The van der Waals surface area contributed by atoms with Gasteiger partial charge in [0.15, 0.2) is 0 Å². The minimum absolute atomic E-state index is 0.0760. The van der Waals surface area contributed by atoms with Crippen LogP contribution in [0.25, 0.3) is 0 Å². The van der Waals surface area contributed by atoms with E-state index >= 15 is 0 Å². The van der Waals surface area contributed by atoms with Gasteiger partial charge < -0.3 is 5.32 Å². The first-order valence-corrected chi connectivity index (χ1v) is 5.51. The minimum Gasteiger partial charge on any atom is -0.366 e. The number of hydrogen-bond acceptors (Lipinski definition) is 4. The van der Waals surface area contributed by atoms with Gasteiger partial charge in [-0.3, -0.25) is 4.98 Å². The fraction of sp³-hybridized carbons (Fsp3) is 0.250. The number of halogens is 3. The van der Waals surface area contributed by atoms with Gasteiger partial charge in [-0.05, 0) is 24.6 Å². The lowest BCUT2D eigenvalue weighted by molar-refractivity contribution is -0.141. The Labute approximate surface area is 107 Å². The summed E-state index contributed by atoms with van der Waals surface area (Å²) < 4.78 is 37.8. The maximum atomic E-state index is 12.6. The lowest BCUT2D eigenvalue weighted by atomic mass is 10.2. The summed E-state index contributed by atoms with van der Waals surface area (Å²) in [6.45, 7) is 1.79. The average molecular weight is 268 g/mol. The molecule has 100 valence electrons. The Hall–Kier alpha value is -2.18. The molecule has 0 aliphatic rings. The quantitative estimate of drug-likeness (QED) is 0.930. The molecule has 0 spiro atoms. The molecule has 2 aromatic heterocycles. The summed E-state index contributed by atoms with van der Waals surface area (Å²) >= 11 is 0. The molecule has 0 aliphatic carbocycles. The van der Waals surface area contributed by atoms with Crippen LogP contribution in [-0.4, -0.2) is 15.0 Å². The maximum Gasteiger partial charge on any atom is 0.433 e. The third kappa shape index (κ3) is 3.64. The van der Waals surface area contributed by atoms with Crippen molar-refractivity contribution in [3.8, 4) is 0 Å². The number of nitrogens with zero attached hydrogens (tertiary/aromatic N) is 3.